The van der Waals surface area contributed by atoms with E-state index < -0.39 is 0 Å². The number of methoxy groups -OCH3 is 2. The van der Waals surface area contributed by atoms with Crippen LogP contribution in [0.2, 0.25) is 0 Å². The molecule has 0 aliphatic rings. The van der Waals surface area contributed by atoms with Crippen molar-refractivity contribution in [2.75, 3.05) is 20.8 Å². The molecule has 0 atom stereocenters. The highest BCUT2D eigenvalue weighted by atomic mass is 16.5. The summed E-state index contributed by atoms with van der Waals surface area (Å²) in [6, 6.07) is 11.5. The van der Waals surface area contributed by atoms with E-state index in [4.69, 9.17) is 14.2 Å². The standard InChI is InChI=1S/C22H28N2O4/c1-5-28-21-14-17(9-12-20(21)27-4)15-23-24-22(25)8-6-7-18-10-11-19(26-3)13-16(18)2/h9-15H,5-8H2,1-4H3,(H,24,25)/b23-15-. The summed E-state index contributed by atoms with van der Waals surface area (Å²) in [5.41, 5.74) is 5.78. The SMILES string of the molecule is CCOc1cc(/C=N\NC(=O)CCCc2ccc(OC)cc2C)ccc1OC. The van der Waals surface area contributed by atoms with Gasteiger partial charge in [0, 0.05) is 6.42 Å². The Hall–Kier alpha value is -3.02. The average Bonchev–Trinajstić information content (AvgIpc) is 2.69. The molecule has 150 valence electrons. The van der Waals surface area contributed by atoms with Crippen molar-refractivity contribution < 1.29 is 19.0 Å². The van der Waals surface area contributed by atoms with Gasteiger partial charge in [-0.05, 0) is 73.7 Å². The molecule has 28 heavy (non-hydrogen) atoms. The molecule has 0 radical (unpaired) electrons. The van der Waals surface area contributed by atoms with E-state index in [0.717, 1.165) is 24.2 Å². The maximum Gasteiger partial charge on any atom is 0.240 e. The minimum absolute atomic E-state index is 0.110. The molecule has 0 saturated carbocycles. The first-order chi connectivity index (χ1) is 13.6. The van der Waals surface area contributed by atoms with E-state index in [9.17, 15) is 4.79 Å². The summed E-state index contributed by atoms with van der Waals surface area (Å²) >= 11 is 0. The number of nitrogens with one attached hydrogen (secondary N) is 1. The smallest absolute Gasteiger partial charge is 0.240 e. The van der Waals surface area contributed by atoms with Crippen LogP contribution in [0.25, 0.3) is 0 Å². The number of hydrogen-bond acceptors (Lipinski definition) is 5. The minimum atomic E-state index is -0.110. The topological polar surface area (TPSA) is 69.2 Å². The summed E-state index contributed by atoms with van der Waals surface area (Å²) in [6.07, 6.45) is 3.60. The Morgan fingerprint density at radius 2 is 1.93 bits per heavy atom. The number of carbonyl (C=O) groups is 1. The molecule has 0 aliphatic heterocycles. The molecule has 6 heteroatoms. The second-order valence-corrected chi connectivity index (χ2v) is 6.28. The lowest BCUT2D eigenvalue weighted by Crippen LogP contribution is -2.17. The number of nitrogens with zero attached hydrogens (tertiary/aromatic N) is 1. The lowest BCUT2D eigenvalue weighted by Gasteiger charge is -2.09. The summed E-state index contributed by atoms with van der Waals surface area (Å²) in [5.74, 6) is 2.05. The number of hydrazone groups is 1. The van der Waals surface area contributed by atoms with Gasteiger partial charge in [-0.1, -0.05) is 6.07 Å². The molecule has 0 saturated heterocycles. The number of rotatable bonds is 10. The zero-order valence-corrected chi connectivity index (χ0v) is 17.0. The lowest BCUT2D eigenvalue weighted by molar-refractivity contribution is -0.121. The molecule has 0 bridgehead atoms. The van der Waals surface area contributed by atoms with E-state index in [0.29, 0.717) is 24.5 Å². The number of benzene rings is 2. The van der Waals surface area contributed by atoms with Crippen LogP contribution in [0, 0.1) is 6.92 Å². The predicted molar refractivity (Wildman–Crippen MR) is 111 cm³/mol. The summed E-state index contributed by atoms with van der Waals surface area (Å²) in [6.45, 7) is 4.50. The number of amides is 1. The van der Waals surface area contributed by atoms with Crippen LogP contribution in [0.15, 0.2) is 41.5 Å². The fourth-order valence-electron chi connectivity index (χ4n) is 2.79. The first-order valence-corrected chi connectivity index (χ1v) is 9.33. The molecule has 1 N–H and O–H groups in total. The van der Waals surface area contributed by atoms with Crippen LogP contribution in [-0.4, -0.2) is 32.9 Å². The maximum atomic E-state index is 12.0. The summed E-state index contributed by atoms with van der Waals surface area (Å²) in [4.78, 5) is 12.0. The quantitative estimate of drug-likeness (QED) is 0.498. The van der Waals surface area contributed by atoms with E-state index in [1.54, 1.807) is 20.4 Å². The zero-order chi connectivity index (χ0) is 20.4. The number of carbonyl (C=O) groups excluding carboxylic acids is 1. The van der Waals surface area contributed by atoms with Crippen LogP contribution in [-0.2, 0) is 11.2 Å². The van der Waals surface area contributed by atoms with Crippen molar-refractivity contribution in [1.29, 1.82) is 0 Å². The molecule has 2 aromatic carbocycles. The summed E-state index contributed by atoms with van der Waals surface area (Å²) < 4.78 is 16.0. The minimum Gasteiger partial charge on any atom is -0.497 e. The Labute approximate surface area is 166 Å². The molecule has 0 heterocycles. The third-order valence-corrected chi connectivity index (χ3v) is 4.29. The van der Waals surface area contributed by atoms with Gasteiger partial charge in [0.15, 0.2) is 11.5 Å². The number of hydrogen-bond donors (Lipinski definition) is 1. The van der Waals surface area contributed by atoms with Gasteiger partial charge in [-0.2, -0.15) is 5.10 Å². The maximum absolute atomic E-state index is 12.0. The van der Waals surface area contributed by atoms with Gasteiger partial charge < -0.3 is 14.2 Å². The predicted octanol–water partition coefficient (Wildman–Crippen LogP) is 3.88. The first kappa shape index (κ1) is 21.3. The largest absolute Gasteiger partial charge is 0.497 e. The zero-order valence-electron chi connectivity index (χ0n) is 17.0. The van der Waals surface area contributed by atoms with E-state index in [2.05, 4.69) is 10.5 Å². The lowest BCUT2D eigenvalue weighted by atomic mass is 10.0. The summed E-state index contributed by atoms with van der Waals surface area (Å²) in [5, 5.41) is 4.03. The summed E-state index contributed by atoms with van der Waals surface area (Å²) in [7, 11) is 3.25. The van der Waals surface area contributed by atoms with Crippen LogP contribution in [0.3, 0.4) is 0 Å². The van der Waals surface area contributed by atoms with E-state index in [-0.39, 0.29) is 5.91 Å². The second-order valence-electron chi connectivity index (χ2n) is 6.28. The Balaban J connectivity index is 1.81. The number of ether oxygens (including phenoxy) is 3. The molecule has 0 unspecified atom stereocenters. The van der Waals surface area contributed by atoms with Gasteiger partial charge in [0.1, 0.15) is 5.75 Å². The van der Waals surface area contributed by atoms with Crippen molar-refractivity contribution in [3.8, 4) is 17.2 Å². The van der Waals surface area contributed by atoms with Crippen LogP contribution in [0.1, 0.15) is 36.5 Å². The first-order valence-electron chi connectivity index (χ1n) is 9.33. The van der Waals surface area contributed by atoms with Gasteiger partial charge in [0.2, 0.25) is 5.91 Å². The highest BCUT2D eigenvalue weighted by Crippen LogP contribution is 2.27. The molecule has 6 nitrogen and oxygen atoms in total. The highest BCUT2D eigenvalue weighted by Gasteiger charge is 2.05. The van der Waals surface area contributed by atoms with Crippen molar-refractivity contribution in [2.24, 2.45) is 5.10 Å². The van der Waals surface area contributed by atoms with Crippen molar-refractivity contribution in [1.82, 2.24) is 5.43 Å². The van der Waals surface area contributed by atoms with E-state index in [1.807, 2.05) is 50.2 Å². The van der Waals surface area contributed by atoms with Gasteiger partial charge >= 0.3 is 0 Å². The van der Waals surface area contributed by atoms with Crippen molar-refractivity contribution >= 4 is 12.1 Å². The van der Waals surface area contributed by atoms with Crippen molar-refractivity contribution in [3.05, 3.63) is 53.1 Å². The van der Waals surface area contributed by atoms with Gasteiger partial charge in [-0.25, -0.2) is 5.43 Å². The molecule has 1 amide bonds. The highest BCUT2D eigenvalue weighted by molar-refractivity contribution is 5.83. The van der Waals surface area contributed by atoms with Crippen LogP contribution < -0.4 is 19.6 Å². The Bertz CT molecular complexity index is 818. The third kappa shape index (κ3) is 6.30. The fraction of sp³-hybridized carbons (Fsp3) is 0.364. The van der Waals surface area contributed by atoms with Crippen molar-refractivity contribution in [3.63, 3.8) is 0 Å². The Morgan fingerprint density at radius 1 is 1.11 bits per heavy atom. The second kappa shape index (κ2) is 11.0. The van der Waals surface area contributed by atoms with E-state index in [1.165, 1.54) is 11.1 Å². The fourth-order valence-corrected chi connectivity index (χ4v) is 2.79. The third-order valence-electron chi connectivity index (χ3n) is 4.29. The Kier molecular flexibility index (Phi) is 8.34. The van der Waals surface area contributed by atoms with E-state index >= 15 is 0 Å². The average molecular weight is 384 g/mol. The monoisotopic (exact) mass is 384 g/mol. The van der Waals surface area contributed by atoms with Crippen LogP contribution in [0.5, 0.6) is 17.2 Å². The molecular formula is C22H28N2O4. The van der Waals surface area contributed by atoms with Gasteiger partial charge in [-0.3, -0.25) is 4.79 Å². The molecular weight excluding hydrogens is 356 g/mol. The van der Waals surface area contributed by atoms with Crippen LogP contribution >= 0.6 is 0 Å². The molecule has 2 rings (SSSR count). The molecule has 0 aromatic heterocycles. The molecule has 0 fully saturated rings. The van der Waals surface area contributed by atoms with Gasteiger partial charge in [0.05, 0.1) is 27.0 Å². The van der Waals surface area contributed by atoms with Crippen LogP contribution in [0.4, 0.5) is 0 Å². The van der Waals surface area contributed by atoms with Gasteiger partial charge in [-0.15, -0.1) is 0 Å². The molecule has 0 aliphatic carbocycles. The van der Waals surface area contributed by atoms with Gasteiger partial charge in [0.25, 0.3) is 0 Å². The molecule has 2 aromatic rings. The van der Waals surface area contributed by atoms with Crippen molar-refractivity contribution in [2.45, 2.75) is 33.1 Å². The number of aryl methyl sites for hydroxylation is 2. The molecule has 0 spiro atoms. The Morgan fingerprint density at radius 3 is 2.61 bits per heavy atom. The normalized spacial score (nSPS) is 10.7.